The van der Waals surface area contributed by atoms with Crippen molar-refractivity contribution in [3.63, 3.8) is 0 Å². The highest BCUT2D eigenvalue weighted by Crippen LogP contribution is 2.34. The molecule has 1 fully saturated rings. The van der Waals surface area contributed by atoms with Gasteiger partial charge in [0.1, 0.15) is 11.9 Å². The molecule has 0 spiro atoms. The van der Waals surface area contributed by atoms with Gasteiger partial charge in [-0.15, -0.1) is 0 Å². The van der Waals surface area contributed by atoms with Gasteiger partial charge in [0.25, 0.3) is 0 Å². The second-order valence-electron chi connectivity index (χ2n) is 7.57. The molecule has 3 aliphatic heterocycles. The SMILES string of the molecule is Oc1cccc(C2=C(CN3CCOCC3)N3C=C(c4ccccc4)C=CC3N2)c1. The van der Waals surface area contributed by atoms with Gasteiger partial charge in [-0.2, -0.15) is 0 Å². The van der Waals surface area contributed by atoms with Gasteiger partial charge in [0.2, 0.25) is 0 Å². The van der Waals surface area contributed by atoms with E-state index >= 15 is 0 Å². The topological polar surface area (TPSA) is 48.0 Å². The summed E-state index contributed by atoms with van der Waals surface area (Å²) in [4.78, 5) is 4.76. The van der Waals surface area contributed by atoms with Gasteiger partial charge in [-0.3, -0.25) is 4.90 Å². The van der Waals surface area contributed by atoms with E-state index in [0.29, 0.717) is 0 Å². The van der Waals surface area contributed by atoms with E-state index in [9.17, 15) is 5.11 Å². The molecule has 0 radical (unpaired) electrons. The predicted molar refractivity (Wildman–Crippen MR) is 115 cm³/mol. The molecule has 1 unspecified atom stereocenters. The number of nitrogens with one attached hydrogen (secondary N) is 1. The number of phenols is 1. The Kier molecular flexibility index (Phi) is 4.84. The lowest BCUT2D eigenvalue weighted by atomic mass is 10.0. The van der Waals surface area contributed by atoms with E-state index < -0.39 is 0 Å². The molecule has 1 atom stereocenters. The minimum atomic E-state index is 0.0795. The van der Waals surface area contributed by atoms with Crippen molar-refractivity contribution in [1.82, 2.24) is 15.1 Å². The summed E-state index contributed by atoms with van der Waals surface area (Å²) >= 11 is 0. The summed E-state index contributed by atoms with van der Waals surface area (Å²) in [5.74, 6) is 0.281. The molecular weight excluding hydrogens is 362 g/mol. The molecule has 0 amide bonds. The van der Waals surface area contributed by atoms with E-state index in [0.717, 1.165) is 44.1 Å². The van der Waals surface area contributed by atoms with Crippen LogP contribution in [0.1, 0.15) is 11.1 Å². The molecule has 0 saturated carbocycles. The third-order valence-electron chi connectivity index (χ3n) is 5.65. The van der Waals surface area contributed by atoms with E-state index in [1.807, 2.05) is 24.3 Å². The van der Waals surface area contributed by atoms with Crippen molar-refractivity contribution in [2.24, 2.45) is 0 Å². The van der Waals surface area contributed by atoms with Crippen LogP contribution in [0, 0.1) is 0 Å². The summed E-state index contributed by atoms with van der Waals surface area (Å²) in [5, 5.41) is 13.7. The van der Waals surface area contributed by atoms with Gasteiger partial charge in [0.15, 0.2) is 0 Å². The maximum absolute atomic E-state index is 10.0. The molecule has 2 aromatic rings. The van der Waals surface area contributed by atoms with E-state index in [4.69, 9.17) is 4.74 Å². The zero-order chi connectivity index (χ0) is 19.6. The van der Waals surface area contributed by atoms with Crippen molar-refractivity contribution in [3.8, 4) is 5.75 Å². The lowest BCUT2D eigenvalue weighted by Gasteiger charge is -2.32. The fourth-order valence-corrected chi connectivity index (χ4v) is 4.13. The zero-order valence-electron chi connectivity index (χ0n) is 16.3. The summed E-state index contributed by atoms with van der Waals surface area (Å²) < 4.78 is 5.53. The van der Waals surface area contributed by atoms with Crippen LogP contribution in [0.2, 0.25) is 0 Å². The maximum atomic E-state index is 10.0. The Bertz CT molecular complexity index is 975. The fraction of sp³-hybridized carbons (Fsp3) is 0.250. The van der Waals surface area contributed by atoms with Crippen LogP contribution in [-0.4, -0.2) is 53.9 Å². The van der Waals surface area contributed by atoms with Gasteiger partial charge in [-0.25, -0.2) is 0 Å². The van der Waals surface area contributed by atoms with Crippen molar-refractivity contribution in [2.75, 3.05) is 32.8 Å². The summed E-state index contributed by atoms with van der Waals surface area (Å²) in [6.45, 7) is 4.25. The minimum absolute atomic E-state index is 0.0795. The van der Waals surface area contributed by atoms with Gasteiger partial charge in [0, 0.05) is 31.4 Å². The highest BCUT2D eigenvalue weighted by atomic mass is 16.5. The van der Waals surface area contributed by atoms with Crippen LogP contribution in [0.25, 0.3) is 11.3 Å². The lowest BCUT2D eigenvalue weighted by Crippen LogP contribution is -2.40. The molecule has 2 aromatic carbocycles. The first-order valence-corrected chi connectivity index (χ1v) is 10.1. The molecule has 0 bridgehead atoms. The number of rotatable bonds is 4. The lowest BCUT2D eigenvalue weighted by molar-refractivity contribution is 0.0401. The molecule has 5 heteroatoms. The van der Waals surface area contributed by atoms with Crippen LogP contribution in [0.5, 0.6) is 5.75 Å². The highest BCUT2D eigenvalue weighted by molar-refractivity contribution is 5.78. The van der Waals surface area contributed by atoms with Gasteiger partial charge in [0.05, 0.1) is 24.6 Å². The third-order valence-corrected chi connectivity index (χ3v) is 5.65. The smallest absolute Gasteiger partial charge is 0.123 e. The Hall–Kier alpha value is -3.02. The molecule has 3 heterocycles. The Morgan fingerprint density at radius 2 is 1.79 bits per heavy atom. The molecule has 1 saturated heterocycles. The summed E-state index contributed by atoms with van der Waals surface area (Å²) in [6.07, 6.45) is 6.70. The normalized spacial score (nSPS) is 21.7. The Morgan fingerprint density at radius 1 is 1.00 bits per heavy atom. The number of morpholine rings is 1. The van der Waals surface area contributed by atoms with E-state index in [2.05, 4.69) is 57.7 Å². The summed E-state index contributed by atoms with van der Waals surface area (Å²) in [6, 6.07) is 17.9. The number of hydrogen-bond donors (Lipinski definition) is 2. The van der Waals surface area contributed by atoms with Crippen molar-refractivity contribution >= 4 is 11.3 Å². The predicted octanol–water partition coefficient (Wildman–Crippen LogP) is 3.24. The molecular formula is C24H25N3O2. The monoisotopic (exact) mass is 387 g/mol. The van der Waals surface area contributed by atoms with Crippen molar-refractivity contribution in [1.29, 1.82) is 0 Å². The number of ether oxygens (including phenoxy) is 1. The summed E-state index contributed by atoms with van der Waals surface area (Å²) in [7, 11) is 0. The third kappa shape index (κ3) is 3.67. The van der Waals surface area contributed by atoms with Crippen LogP contribution in [0.3, 0.4) is 0 Å². The molecule has 5 rings (SSSR count). The van der Waals surface area contributed by atoms with Crippen LogP contribution in [0.15, 0.2) is 78.6 Å². The number of allylic oxidation sites excluding steroid dienone is 2. The molecule has 0 aromatic heterocycles. The number of nitrogens with zero attached hydrogens (tertiary/aromatic N) is 2. The molecule has 5 nitrogen and oxygen atoms in total. The number of aromatic hydroxyl groups is 1. The second kappa shape index (κ2) is 7.78. The molecule has 0 aliphatic carbocycles. The van der Waals surface area contributed by atoms with Gasteiger partial charge in [-0.1, -0.05) is 48.5 Å². The Balaban J connectivity index is 1.53. The Morgan fingerprint density at radius 3 is 2.59 bits per heavy atom. The zero-order valence-corrected chi connectivity index (χ0v) is 16.3. The number of phenolic OH excluding ortho intramolecular Hbond substituents is 1. The van der Waals surface area contributed by atoms with Crippen LogP contribution >= 0.6 is 0 Å². The molecule has 29 heavy (non-hydrogen) atoms. The highest BCUT2D eigenvalue weighted by Gasteiger charge is 2.32. The maximum Gasteiger partial charge on any atom is 0.123 e. The standard InChI is InChI=1S/C24H25N3O2/c28-21-8-4-7-19(15-21)24-22(17-26-11-13-29-14-12-26)27-16-20(9-10-23(27)25-24)18-5-2-1-3-6-18/h1-10,15-16,23,25,28H,11-14,17H2. The van der Waals surface area contributed by atoms with Gasteiger partial charge >= 0.3 is 0 Å². The number of benzene rings is 2. The van der Waals surface area contributed by atoms with Crippen molar-refractivity contribution in [2.45, 2.75) is 6.17 Å². The minimum Gasteiger partial charge on any atom is -0.508 e. The average molecular weight is 387 g/mol. The van der Waals surface area contributed by atoms with Crippen molar-refractivity contribution < 1.29 is 9.84 Å². The van der Waals surface area contributed by atoms with E-state index in [-0.39, 0.29) is 11.9 Å². The first kappa shape index (κ1) is 18.0. The van der Waals surface area contributed by atoms with Crippen molar-refractivity contribution in [3.05, 3.63) is 89.8 Å². The van der Waals surface area contributed by atoms with Crippen LogP contribution < -0.4 is 5.32 Å². The number of fused-ring (bicyclic) bond motifs is 1. The Labute approximate surface area is 171 Å². The first-order chi connectivity index (χ1) is 14.3. The largest absolute Gasteiger partial charge is 0.508 e. The first-order valence-electron chi connectivity index (χ1n) is 10.1. The second-order valence-corrected chi connectivity index (χ2v) is 7.57. The van der Waals surface area contributed by atoms with Crippen LogP contribution in [0.4, 0.5) is 0 Å². The van der Waals surface area contributed by atoms with E-state index in [1.165, 1.54) is 16.8 Å². The fourth-order valence-electron chi connectivity index (χ4n) is 4.13. The number of hydrogen-bond acceptors (Lipinski definition) is 5. The van der Waals surface area contributed by atoms with Gasteiger partial charge in [-0.05, 0) is 29.3 Å². The van der Waals surface area contributed by atoms with Crippen LogP contribution in [-0.2, 0) is 4.74 Å². The summed E-state index contributed by atoms with van der Waals surface area (Å²) in [5.41, 5.74) is 5.71. The van der Waals surface area contributed by atoms with Gasteiger partial charge < -0.3 is 20.1 Å². The quantitative estimate of drug-likeness (QED) is 0.844. The van der Waals surface area contributed by atoms with E-state index in [1.54, 1.807) is 6.07 Å². The average Bonchev–Trinajstić information content (AvgIpc) is 3.13. The molecule has 3 aliphatic rings. The molecule has 2 N–H and O–H groups in total. The molecule has 148 valence electrons.